The third-order valence-electron chi connectivity index (χ3n) is 5.56. The molecule has 1 unspecified atom stereocenters. The molecule has 1 aliphatic heterocycles. The summed E-state index contributed by atoms with van der Waals surface area (Å²) < 4.78 is 14.5. The molecule has 180 valence electrons. The van der Waals surface area contributed by atoms with Crippen molar-refractivity contribution in [1.82, 2.24) is 14.7 Å². The molecule has 2 heterocycles. The molecule has 0 fully saturated rings. The summed E-state index contributed by atoms with van der Waals surface area (Å²) in [7, 11) is -1.99. The Balaban J connectivity index is 0.00000161. The van der Waals surface area contributed by atoms with E-state index in [1.807, 2.05) is 6.92 Å². The van der Waals surface area contributed by atoms with Crippen LogP contribution < -0.4 is 0 Å². The van der Waals surface area contributed by atoms with Gasteiger partial charge in [-0.25, -0.2) is 9.69 Å². The molecule has 2 rings (SSSR count). The van der Waals surface area contributed by atoms with Crippen molar-refractivity contribution in [2.24, 2.45) is 0 Å². The van der Waals surface area contributed by atoms with Gasteiger partial charge in [0.25, 0.3) is 5.91 Å². The Morgan fingerprint density at radius 2 is 1.75 bits per heavy atom. The molecular formula is C21H34IN3O6Si. The maximum atomic E-state index is 13.2. The van der Waals surface area contributed by atoms with E-state index in [0.717, 1.165) is 9.26 Å². The predicted octanol–water partition coefficient (Wildman–Crippen LogP) is 4.42. The van der Waals surface area contributed by atoms with Gasteiger partial charge >= 0.3 is 12.2 Å². The van der Waals surface area contributed by atoms with Crippen LogP contribution in [-0.2, 0) is 25.2 Å². The molecule has 0 spiro atoms. The van der Waals surface area contributed by atoms with Gasteiger partial charge in [0.05, 0.1) is 19.2 Å². The molecule has 9 nitrogen and oxygen atoms in total. The molecule has 0 saturated carbocycles. The van der Waals surface area contributed by atoms with E-state index in [0.29, 0.717) is 18.7 Å². The highest BCUT2D eigenvalue weighted by molar-refractivity contribution is 14.1. The number of nitrogens with zero attached hydrogens (tertiary/aromatic N) is 3. The highest BCUT2D eigenvalue weighted by Gasteiger charge is 2.42. The van der Waals surface area contributed by atoms with Crippen LogP contribution >= 0.6 is 22.6 Å². The van der Waals surface area contributed by atoms with Crippen LogP contribution in [0.2, 0.25) is 18.1 Å². The zero-order valence-corrected chi connectivity index (χ0v) is 23.5. The molecule has 1 aromatic rings. The Hall–Kier alpha value is -1.56. The summed E-state index contributed by atoms with van der Waals surface area (Å²) in [5.41, 5.74) is 0.656. The zero-order chi connectivity index (χ0) is 25.1. The van der Waals surface area contributed by atoms with Gasteiger partial charge in [-0.3, -0.25) is 9.48 Å². The summed E-state index contributed by atoms with van der Waals surface area (Å²) in [5.74, 6) is -0.352. The number of hydrogen-bond acceptors (Lipinski definition) is 7. The molecular weight excluding hydrogens is 545 g/mol. The van der Waals surface area contributed by atoms with Crippen LogP contribution in [0.4, 0.5) is 4.79 Å². The zero-order valence-electron chi connectivity index (χ0n) is 20.4. The fraction of sp³-hybridized carbons (Fsp3) is 0.714. The normalized spacial score (nSPS) is 16.6. The van der Waals surface area contributed by atoms with Gasteiger partial charge in [0, 0.05) is 5.56 Å². The summed E-state index contributed by atoms with van der Waals surface area (Å²) in [5, 5.41) is 4.69. The minimum Gasteiger partial charge on any atom is -0.443 e. The molecule has 0 radical (unpaired) electrons. The largest absolute Gasteiger partial charge is 0.443 e. The van der Waals surface area contributed by atoms with Gasteiger partial charge in [-0.15, -0.1) is 0 Å². The van der Waals surface area contributed by atoms with Gasteiger partial charge in [0.1, 0.15) is 15.0 Å². The van der Waals surface area contributed by atoms with Crippen LogP contribution in [0.1, 0.15) is 70.6 Å². The van der Waals surface area contributed by atoms with Crippen molar-refractivity contribution in [3.63, 3.8) is 0 Å². The number of amides is 2. The van der Waals surface area contributed by atoms with E-state index in [1.54, 1.807) is 25.5 Å². The van der Waals surface area contributed by atoms with Crippen molar-refractivity contribution in [3.05, 3.63) is 15.0 Å². The van der Waals surface area contributed by atoms with Crippen molar-refractivity contribution in [2.75, 3.05) is 13.2 Å². The number of fused-ring (bicyclic) bond motifs is 1. The van der Waals surface area contributed by atoms with E-state index in [-0.39, 0.29) is 29.7 Å². The standard InChI is InChI=1S/C20H34IN3O4Si.CO2/c1-10-14-15-17(25)23(18(26)28-19(2,3)4)11-13(24(15)22-16(14)21)12-27-29(8,9)20(5,6)7;2-1-3/h13H,10-12H2,1-9H3;. The van der Waals surface area contributed by atoms with E-state index in [4.69, 9.17) is 18.8 Å². The number of rotatable bonds is 4. The van der Waals surface area contributed by atoms with Gasteiger partial charge in [0.2, 0.25) is 0 Å². The molecule has 0 saturated heterocycles. The summed E-state index contributed by atoms with van der Waals surface area (Å²) in [6.45, 7) is 18.9. The van der Waals surface area contributed by atoms with Crippen LogP contribution in [0.25, 0.3) is 0 Å². The molecule has 1 atom stereocenters. The SMILES string of the molecule is CCc1c(I)nn2c1C(=O)N(C(=O)OC(C)(C)C)CC2CO[Si](C)(C)C(C)(C)C.O=C=O. The number of halogens is 1. The Bertz CT molecular complexity index is 879. The summed E-state index contributed by atoms with van der Waals surface area (Å²) >= 11 is 2.15. The Kier molecular flexibility index (Phi) is 9.41. The first kappa shape index (κ1) is 28.5. The second-order valence-corrected chi connectivity index (χ2v) is 16.0. The minimum atomic E-state index is -1.99. The quantitative estimate of drug-likeness (QED) is 0.384. The second-order valence-electron chi connectivity index (χ2n) is 10.1. The molecule has 32 heavy (non-hydrogen) atoms. The fourth-order valence-electron chi connectivity index (χ4n) is 2.86. The Morgan fingerprint density at radius 1 is 1.22 bits per heavy atom. The van der Waals surface area contributed by atoms with E-state index >= 15 is 0 Å². The number of carbonyl (C=O) groups excluding carboxylic acids is 4. The van der Waals surface area contributed by atoms with Crippen molar-refractivity contribution >= 4 is 49.1 Å². The summed E-state index contributed by atoms with van der Waals surface area (Å²) in [6.07, 6.45) is 0.293. The topological polar surface area (TPSA) is 108 Å². The van der Waals surface area contributed by atoms with Crippen molar-refractivity contribution in [1.29, 1.82) is 0 Å². The highest BCUT2D eigenvalue weighted by atomic mass is 127. The molecule has 11 heteroatoms. The number of ether oxygens (including phenoxy) is 1. The molecule has 1 aliphatic rings. The average molecular weight is 580 g/mol. The second kappa shape index (κ2) is 10.6. The maximum absolute atomic E-state index is 13.2. The van der Waals surface area contributed by atoms with Crippen LogP contribution in [0.5, 0.6) is 0 Å². The highest BCUT2D eigenvalue weighted by Crippen LogP contribution is 2.37. The molecule has 0 bridgehead atoms. The number of imide groups is 1. The smallest absolute Gasteiger partial charge is 0.417 e. The van der Waals surface area contributed by atoms with Gasteiger partial charge < -0.3 is 9.16 Å². The van der Waals surface area contributed by atoms with E-state index in [1.165, 1.54) is 4.90 Å². The lowest BCUT2D eigenvalue weighted by atomic mass is 10.1. The van der Waals surface area contributed by atoms with Gasteiger partial charge in [-0.2, -0.15) is 14.7 Å². The van der Waals surface area contributed by atoms with E-state index in [9.17, 15) is 9.59 Å². The van der Waals surface area contributed by atoms with Crippen molar-refractivity contribution in [3.8, 4) is 0 Å². The fourth-order valence-corrected chi connectivity index (χ4v) is 4.77. The molecule has 0 aliphatic carbocycles. The van der Waals surface area contributed by atoms with E-state index in [2.05, 4.69) is 61.6 Å². The third kappa shape index (κ3) is 6.72. The third-order valence-corrected chi connectivity index (χ3v) is 10.9. The first-order valence-electron chi connectivity index (χ1n) is 10.5. The van der Waals surface area contributed by atoms with Crippen molar-refractivity contribution < 1.29 is 28.3 Å². The van der Waals surface area contributed by atoms with Gasteiger partial charge in [-0.05, 0) is 67.9 Å². The Morgan fingerprint density at radius 3 is 2.19 bits per heavy atom. The molecule has 2 amide bonds. The first-order valence-corrected chi connectivity index (χ1v) is 14.4. The maximum Gasteiger partial charge on any atom is 0.417 e. The molecule has 1 aromatic heterocycles. The lowest BCUT2D eigenvalue weighted by molar-refractivity contribution is -0.191. The first-order chi connectivity index (χ1) is 14.5. The molecule has 0 aromatic carbocycles. The van der Waals surface area contributed by atoms with Crippen LogP contribution in [0.15, 0.2) is 0 Å². The predicted molar refractivity (Wildman–Crippen MR) is 129 cm³/mol. The van der Waals surface area contributed by atoms with Crippen LogP contribution in [0, 0.1) is 3.70 Å². The van der Waals surface area contributed by atoms with Crippen LogP contribution in [0.3, 0.4) is 0 Å². The van der Waals surface area contributed by atoms with Crippen molar-refractivity contribution in [2.45, 2.75) is 84.7 Å². The minimum absolute atomic E-state index is 0.0677. The van der Waals surface area contributed by atoms with Gasteiger partial charge in [0.15, 0.2) is 8.32 Å². The van der Waals surface area contributed by atoms with E-state index < -0.39 is 20.0 Å². The average Bonchev–Trinajstić information content (AvgIpc) is 2.96. The number of hydrogen-bond donors (Lipinski definition) is 0. The Labute approximate surface area is 204 Å². The number of aromatic nitrogens is 2. The number of carbonyl (C=O) groups is 2. The molecule has 0 N–H and O–H groups in total. The summed E-state index contributed by atoms with van der Waals surface area (Å²) in [4.78, 5) is 43.4. The summed E-state index contributed by atoms with van der Waals surface area (Å²) in [6, 6.07) is -0.238. The lowest BCUT2D eigenvalue weighted by Crippen LogP contribution is -2.51. The van der Waals surface area contributed by atoms with Gasteiger partial charge in [-0.1, -0.05) is 27.7 Å². The lowest BCUT2D eigenvalue weighted by Gasteiger charge is -2.39. The monoisotopic (exact) mass is 579 g/mol. The van der Waals surface area contributed by atoms with Crippen LogP contribution in [-0.4, -0.2) is 59.9 Å².